The van der Waals surface area contributed by atoms with Gasteiger partial charge in [0.2, 0.25) is 5.91 Å². The van der Waals surface area contributed by atoms with E-state index >= 15 is 0 Å². The van der Waals surface area contributed by atoms with Crippen LogP contribution in [-0.2, 0) is 11.3 Å². The molecule has 0 radical (unpaired) electrons. The second-order valence-corrected chi connectivity index (χ2v) is 6.24. The van der Waals surface area contributed by atoms with Crippen molar-refractivity contribution in [3.8, 4) is 0 Å². The topological polar surface area (TPSA) is 49.4 Å². The third kappa shape index (κ3) is 4.24. The van der Waals surface area contributed by atoms with Crippen molar-refractivity contribution in [3.05, 3.63) is 71.5 Å². The van der Waals surface area contributed by atoms with Crippen LogP contribution in [0.5, 0.6) is 0 Å². The van der Waals surface area contributed by atoms with Crippen LogP contribution in [0, 0.1) is 11.7 Å². The van der Waals surface area contributed by atoms with Crippen molar-refractivity contribution < 1.29 is 14.0 Å². The number of carbonyl (C=O) groups is 2. The van der Waals surface area contributed by atoms with E-state index in [4.69, 9.17) is 0 Å². The molecule has 1 fully saturated rings. The zero-order valence-corrected chi connectivity index (χ0v) is 14.0. The molecular weight excluding hydrogens is 319 g/mol. The maximum absolute atomic E-state index is 13.6. The summed E-state index contributed by atoms with van der Waals surface area (Å²) < 4.78 is 13.6. The van der Waals surface area contributed by atoms with Gasteiger partial charge in [0.05, 0.1) is 0 Å². The average molecular weight is 340 g/mol. The molecule has 25 heavy (non-hydrogen) atoms. The Hall–Kier alpha value is -2.69. The van der Waals surface area contributed by atoms with Crippen molar-refractivity contribution in [3.63, 3.8) is 0 Å². The number of benzene rings is 2. The Morgan fingerprint density at radius 2 is 1.64 bits per heavy atom. The minimum atomic E-state index is -0.314. The second-order valence-electron chi connectivity index (χ2n) is 6.24. The van der Waals surface area contributed by atoms with E-state index in [0.29, 0.717) is 37.1 Å². The number of nitrogens with zero attached hydrogens (tertiary/aromatic N) is 1. The van der Waals surface area contributed by atoms with Crippen LogP contribution in [0.3, 0.4) is 0 Å². The van der Waals surface area contributed by atoms with Crippen LogP contribution in [0.1, 0.15) is 28.8 Å². The highest BCUT2D eigenvalue weighted by Gasteiger charge is 2.27. The van der Waals surface area contributed by atoms with E-state index in [1.54, 1.807) is 35.2 Å². The lowest BCUT2D eigenvalue weighted by Crippen LogP contribution is -2.43. The van der Waals surface area contributed by atoms with Crippen molar-refractivity contribution in [2.75, 3.05) is 13.1 Å². The first-order valence-electron chi connectivity index (χ1n) is 8.50. The van der Waals surface area contributed by atoms with Gasteiger partial charge >= 0.3 is 0 Å². The van der Waals surface area contributed by atoms with Gasteiger partial charge < -0.3 is 10.2 Å². The normalized spacial score (nSPS) is 15.0. The van der Waals surface area contributed by atoms with Crippen molar-refractivity contribution in [2.45, 2.75) is 19.4 Å². The number of halogens is 1. The number of piperidine rings is 1. The van der Waals surface area contributed by atoms with Crippen LogP contribution < -0.4 is 5.32 Å². The standard InChI is InChI=1S/C20H21FN2O2/c21-18-9-5-4-8-17(18)14-22-19(24)15-10-12-23(13-11-15)20(25)16-6-2-1-3-7-16/h1-9,15H,10-14H2,(H,22,24). The molecule has 1 heterocycles. The molecule has 0 aliphatic carbocycles. The molecular formula is C20H21FN2O2. The van der Waals surface area contributed by atoms with Gasteiger partial charge in [0, 0.05) is 36.7 Å². The summed E-state index contributed by atoms with van der Waals surface area (Å²) in [4.78, 5) is 26.5. The first-order valence-corrected chi connectivity index (χ1v) is 8.50. The van der Waals surface area contributed by atoms with Gasteiger partial charge in [-0.2, -0.15) is 0 Å². The lowest BCUT2D eigenvalue weighted by atomic mass is 9.95. The van der Waals surface area contributed by atoms with Crippen LogP contribution in [0.25, 0.3) is 0 Å². The third-order valence-corrected chi connectivity index (χ3v) is 4.58. The lowest BCUT2D eigenvalue weighted by Gasteiger charge is -2.31. The summed E-state index contributed by atoms with van der Waals surface area (Å²) in [6.45, 7) is 1.31. The van der Waals surface area contributed by atoms with E-state index in [1.807, 2.05) is 18.2 Å². The predicted molar refractivity (Wildman–Crippen MR) is 93.3 cm³/mol. The summed E-state index contributed by atoms with van der Waals surface area (Å²) >= 11 is 0. The van der Waals surface area contributed by atoms with Crippen molar-refractivity contribution in [1.82, 2.24) is 10.2 Å². The largest absolute Gasteiger partial charge is 0.352 e. The predicted octanol–water partition coefficient (Wildman–Crippen LogP) is 2.99. The van der Waals surface area contributed by atoms with E-state index in [0.717, 1.165) is 0 Å². The number of likely N-dealkylation sites (tertiary alicyclic amines) is 1. The molecule has 1 aliphatic heterocycles. The molecule has 130 valence electrons. The number of hydrogen-bond acceptors (Lipinski definition) is 2. The zero-order valence-electron chi connectivity index (χ0n) is 14.0. The highest BCUT2D eigenvalue weighted by molar-refractivity contribution is 5.94. The Morgan fingerprint density at radius 1 is 1.00 bits per heavy atom. The van der Waals surface area contributed by atoms with Gasteiger partial charge in [-0.15, -0.1) is 0 Å². The van der Waals surface area contributed by atoms with Gasteiger partial charge in [-0.05, 0) is 31.0 Å². The summed E-state index contributed by atoms with van der Waals surface area (Å²) in [5.41, 5.74) is 1.15. The fourth-order valence-electron chi connectivity index (χ4n) is 3.08. The third-order valence-electron chi connectivity index (χ3n) is 4.58. The van der Waals surface area contributed by atoms with E-state index < -0.39 is 0 Å². The van der Waals surface area contributed by atoms with Gasteiger partial charge in [0.1, 0.15) is 5.82 Å². The fourth-order valence-corrected chi connectivity index (χ4v) is 3.08. The quantitative estimate of drug-likeness (QED) is 0.930. The molecule has 4 nitrogen and oxygen atoms in total. The Balaban J connectivity index is 1.49. The number of carbonyl (C=O) groups excluding carboxylic acids is 2. The summed E-state index contributed by atoms with van der Waals surface area (Å²) in [5, 5.41) is 2.80. The maximum atomic E-state index is 13.6. The molecule has 0 aromatic heterocycles. The van der Waals surface area contributed by atoms with Gasteiger partial charge in [-0.3, -0.25) is 9.59 Å². The van der Waals surface area contributed by atoms with E-state index in [-0.39, 0.29) is 30.1 Å². The minimum absolute atomic E-state index is 0.00538. The van der Waals surface area contributed by atoms with Crippen molar-refractivity contribution >= 4 is 11.8 Å². The number of nitrogens with one attached hydrogen (secondary N) is 1. The first-order chi connectivity index (χ1) is 12.1. The number of amides is 2. The molecule has 0 atom stereocenters. The lowest BCUT2D eigenvalue weighted by molar-refractivity contribution is -0.126. The molecule has 2 aromatic carbocycles. The molecule has 1 N–H and O–H groups in total. The van der Waals surface area contributed by atoms with Crippen LogP contribution in [-0.4, -0.2) is 29.8 Å². The molecule has 0 spiro atoms. The number of hydrogen-bond donors (Lipinski definition) is 1. The van der Waals surface area contributed by atoms with E-state index in [9.17, 15) is 14.0 Å². The van der Waals surface area contributed by atoms with Crippen molar-refractivity contribution in [2.24, 2.45) is 5.92 Å². The average Bonchev–Trinajstić information content (AvgIpc) is 2.67. The summed E-state index contributed by atoms with van der Waals surface area (Å²) in [6, 6.07) is 15.6. The second kappa shape index (κ2) is 7.92. The van der Waals surface area contributed by atoms with Crippen LogP contribution in [0.2, 0.25) is 0 Å². The molecule has 1 aliphatic rings. The molecule has 0 saturated carbocycles. The number of rotatable bonds is 4. The molecule has 0 bridgehead atoms. The first kappa shape index (κ1) is 17.1. The van der Waals surface area contributed by atoms with Crippen LogP contribution in [0.4, 0.5) is 4.39 Å². The van der Waals surface area contributed by atoms with Gasteiger partial charge in [0.25, 0.3) is 5.91 Å². The molecule has 5 heteroatoms. The fraction of sp³-hybridized carbons (Fsp3) is 0.300. The summed E-state index contributed by atoms with van der Waals surface area (Å²) in [5.74, 6) is -0.515. The Labute approximate surface area is 146 Å². The molecule has 0 unspecified atom stereocenters. The van der Waals surface area contributed by atoms with Gasteiger partial charge in [0.15, 0.2) is 0 Å². The zero-order chi connectivity index (χ0) is 17.6. The van der Waals surface area contributed by atoms with Crippen molar-refractivity contribution in [1.29, 1.82) is 0 Å². The molecule has 3 rings (SSSR count). The van der Waals surface area contributed by atoms with Crippen LogP contribution in [0.15, 0.2) is 54.6 Å². The summed E-state index contributed by atoms with van der Waals surface area (Å²) in [6.07, 6.45) is 1.25. The molecule has 2 amide bonds. The van der Waals surface area contributed by atoms with E-state index in [1.165, 1.54) is 6.07 Å². The highest BCUT2D eigenvalue weighted by Crippen LogP contribution is 2.19. The van der Waals surface area contributed by atoms with Gasteiger partial charge in [-0.1, -0.05) is 36.4 Å². The molecule has 1 saturated heterocycles. The maximum Gasteiger partial charge on any atom is 0.253 e. The smallest absolute Gasteiger partial charge is 0.253 e. The highest BCUT2D eigenvalue weighted by atomic mass is 19.1. The Bertz CT molecular complexity index is 740. The Kier molecular flexibility index (Phi) is 5.43. The van der Waals surface area contributed by atoms with Crippen LogP contribution >= 0.6 is 0 Å². The minimum Gasteiger partial charge on any atom is -0.352 e. The monoisotopic (exact) mass is 340 g/mol. The van der Waals surface area contributed by atoms with Gasteiger partial charge in [-0.25, -0.2) is 4.39 Å². The van der Waals surface area contributed by atoms with E-state index in [2.05, 4.69) is 5.32 Å². The summed E-state index contributed by atoms with van der Waals surface area (Å²) in [7, 11) is 0. The molecule has 2 aromatic rings. The SMILES string of the molecule is O=C(NCc1ccccc1F)C1CCN(C(=O)c2ccccc2)CC1. The Morgan fingerprint density at radius 3 is 2.32 bits per heavy atom.